The third-order valence-electron chi connectivity index (χ3n) is 3.78. The van der Waals surface area contributed by atoms with Crippen molar-refractivity contribution in [2.24, 2.45) is 0 Å². The van der Waals surface area contributed by atoms with Crippen LogP contribution in [-0.4, -0.2) is 29.7 Å². The SMILES string of the molecule is COc1ccc(OC)c(NC(=O)Cn2cnc3ccc(Cl)cc3c2=O)c1. The lowest BCUT2D eigenvalue weighted by Gasteiger charge is -2.12. The van der Waals surface area contributed by atoms with Gasteiger partial charge in [0, 0.05) is 11.1 Å². The van der Waals surface area contributed by atoms with Gasteiger partial charge in [-0.1, -0.05) is 11.6 Å². The molecule has 26 heavy (non-hydrogen) atoms. The summed E-state index contributed by atoms with van der Waals surface area (Å²) in [6.07, 6.45) is 1.33. The predicted octanol–water partition coefficient (Wildman–Crippen LogP) is 2.71. The summed E-state index contributed by atoms with van der Waals surface area (Å²) in [6, 6.07) is 9.88. The second-order valence-corrected chi connectivity index (χ2v) is 5.89. The summed E-state index contributed by atoms with van der Waals surface area (Å²) in [5.74, 6) is 0.650. The van der Waals surface area contributed by atoms with Crippen molar-refractivity contribution in [3.63, 3.8) is 0 Å². The second kappa shape index (κ2) is 7.45. The van der Waals surface area contributed by atoms with Crippen molar-refractivity contribution in [3.8, 4) is 11.5 Å². The molecule has 0 aliphatic heterocycles. The van der Waals surface area contributed by atoms with Crippen LogP contribution < -0.4 is 20.3 Å². The zero-order valence-electron chi connectivity index (χ0n) is 14.2. The molecule has 134 valence electrons. The van der Waals surface area contributed by atoms with Crippen LogP contribution in [0.1, 0.15) is 0 Å². The molecule has 2 aromatic carbocycles. The van der Waals surface area contributed by atoms with E-state index in [0.29, 0.717) is 33.1 Å². The van der Waals surface area contributed by atoms with Crippen molar-refractivity contribution in [3.05, 3.63) is 58.1 Å². The Morgan fingerprint density at radius 3 is 2.73 bits per heavy atom. The number of nitrogens with zero attached hydrogens (tertiary/aromatic N) is 2. The van der Waals surface area contributed by atoms with Crippen molar-refractivity contribution in [2.75, 3.05) is 19.5 Å². The number of hydrogen-bond donors (Lipinski definition) is 1. The van der Waals surface area contributed by atoms with Crippen LogP contribution >= 0.6 is 11.6 Å². The van der Waals surface area contributed by atoms with E-state index in [4.69, 9.17) is 21.1 Å². The van der Waals surface area contributed by atoms with E-state index in [-0.39, 0.29) is 12.1 Å². The second-order valence-electron chi connectivity index (χ2n) is 5.45. The Bertz CT molecular complexity index is 1030. The van der Waals surface area contributed by atoms with Gasteiger partial charge in [0.2, 0.25) is 5.91 Å². The molecule has 0 bridgehead atoms. The van der Waals surface area contributed by atoms with Gasteiger partial charge in [-0.25, -0.2) is 4.98 Å². The van der Waals surface area contributed by atoms with Gasteiger partial charge in [0.15, 0.2) is 0 Å². The summed E-state index contributed by atoms with van der Waals surface area (Å²) in [5, 5.41) is 3.50. The highest BCUT2D eigenvalue weighted by Gasteiger charge is 2.12. The summed E-state index contributed by atoms with van der Waals surface area (Å²) in [7, 11) is 3.03. The van der Waals surface area contributed by atoms with Gasteiger partial charge in [-0.15, -0.1) is 0 Å². The quantitative estimate of drug-likeness (QED) is 0.743. The summed E-state index contributed by atoms with van der Waals surface area (Å²) >= 11 is 5.94. The smallest absolute Gasteiger partial charge is 0.261 e. The minimum atomic E-state index is -0.401. The van der Waals surface area contributed by atoms with Crippen molar-refractivity contribution >= 4 is 34.1 Å². The monoisotopic (exact) mass is 373 g/mol. The van der Waals surface area contributed by atoms with Crippen LogP contribution in [0.4, 0.5) is 5.69 Å². The lowest BCUT2D eigenvalue weighted by molar-refractivity contribution is -0.116. The number of anilines is 1. The van der Waals surface area contributed by atoms with Crippen LogP contribution in [0.2, 0.25) is 5.02 Å². The Labute approximate surface area is 154 Å². The molecule has 7 nitrogen and oxygen atoms in total. The Morgan fingerprint density at radius 1 is 1.19 bits per heavy atom. The number of rotatable bonds is 5. The number of carbonyl (C=O) groups is 1. The number of hydrogen-bond acceptors (Lipinski definition) is 5. The molecule has 0 radical (unpaired) electrons. The fraction of sp³-hybridized carbons (Fsp3) is 0.167. The molecule has 1 N–H and O–H groups in total. The number of aromatic nitrogens is 2. The van der Waals surface area contributed by atoms with Crippen molar-refractivity contribution in [2.45, 2.75) is 6.54 Å². The number of halogens is 1. The summed E-state index contributed by atoms with van der Waals surface area (Å²) in [4.78, 5) is 29.1. The zero-order valence-corrected chi connectivity index (χ0v) is 14.9. The number of nitrogens with one attached hydrogen (secondary N) is 1. The first-order valence-electron chi connectivity index (χ1n) is 7.68. The Balaban J connectivity index is 1.86. The molecule has 1 aromatic heterocycles. The van der Waals surface area contributed by atoms with Gasteiger partial charge in [0.05, 0.1) is 37.1 Å². The first kappa shape index (κ1) is 17.8. The molecule has 0 saturated carbocycles. The normalized spacial score (nSPS) is 10.6. The number of methoxy groups -OCH3 is 2. The van der Waals surface area contributed by atoms with E-state index in [1.54, 1.807) is 30.3 Å². The van der Waals surface area contributed by atoms with Crippen LogP contribution in [0.25, 0.3) is 10.9 Å². The predicted molar refractivity (Wildman–Crippen MR) is 99.2 cm³/mol. The average molecular weight is 374 g/mol. The van der Waals surface area contributed by atoms with Gasteiger partial charge in [0.25, 0.3) is 5.56 Å². The number of benzene rings is 2. The summed E-state index contributed by atoms with van der Waals surface area (Å²) in [6.45, 7) is -0.200. The molecule has 0 saturated heterocycles. The van der Waals surface area contributed by atoms with Crippen molar-refractivity contribution in [1.82, 2.24) is 9.55 Å². The Hall–Kier alpha value is -3.06. The minimum absolute atomic E-state index is 0.200. The molecule has 8 heteroatoms. The lowest BCUT2D eigenvalue weighted by atomic mass is 10.2. The molecule has 3 aromatic rings. The van der Waals surface area contributed by atoms with Crippen molar-refractivity contribution in [1.29, 1.82) is 0 Å². The highest BCUT2D eigenvalue weighted by Crippen LogP contribution is 2.28. The van der Waals surface area contributed by atoms with Gasteiger partial charge in [0.1, 0.15) is 18.0 Å². The molecule has 0 fully saturated rings. The van der Waals surface area contributed by atoms with E-state index in [9.17, 15) is 9.59 Å². The van der Waals surface area contributed by atoms with Gasteiger partial charge in [-0.05, 0) is 30.3 Å². The molecule has 1 amide bonds. The van der Waals surface area contributed by atoms with Gasteiger partial charge in [-0.3, -0.25) is 14.2 Å². The fourth-order valence-corrected chi connectivity index (χ4v) is 2.67. The molecule has 0 atom stereocenters. The molecular weight excluding hydrogens is 358 g/mol. The molecule has 1 heterocycles. The highest BCUT2D eigenvalue weighted by molar-refractivity contribution is 6.31. The molecule has 0 unspecified atom stereocenters. The first-order valence-corrected chi connectivity index (χ1v) is 8.06. The maximum atomic E-state index is 12.5. The average Bonchev–Trinajstić information content (AvgIpc) is 2.64. The lowest BCUT2D eigenvalue weighted by Crippen LogP contribution is -2.28. The van der Waals surface area contributed by atoms with E-state index in [2.05, 4.69) is 10.3 Å². The van der Waals surface area contributed by atoms with Crippen LogP contribution in [0.15, 0.2) is 47.5 Å². The van der Waals surface area contributed by atoms with Crippen molar-refractivity contribution < 1.29 is 14.3 Å². The van der Waals surface area contributed by atoms with Gasteiger partial charge in [-0.2, -0.15) is 0 Å². The third-order valence-corrected chi connectivity index (χ3v) is 4.02. The highest BCUT2D eigenvalue weighted by atomic mass is 35.5. The molecular formula is C18H16ClN3O4. The number of amides is 1. The zero-order chi connectivity index (χ0) is 18.7. The maximum Gasteiger partial charge on any atom is 0.261 e. The first-order chi connectivity index (χ1) is 12.5. The summed E-state index contributed by atoms with van der Waals surface area (Å²) < 4.78 is 11.6. The molecule has 3 rings (SSSR count). The van der Waals surface area contributed by atoms with Crippen LogP contribution in [0.3, 0.4) is 0 Å². The maximum absolute atomic E-state index is 12.5. The Morgan fingerprint density at radius 2 is 2.00 bits per heavy atom. The number of fused-ring (bicyclic) bond motifs is 1. The minimum Gasteiger partial charge on any atom is -0.497 e. The standard InChI is InChI=1S/C18H16ClN3O4/c1-25-12-4-6-16(26-2)15(8-12)21-17(23)9-22-10-20-14-5-3-11(19)7-13(14)18(22)24/h3-8,10H,9H2,1-2H3,(H,21,23). The van der Waals surface area contributed by atoms with Crippen LogP contribution in [-0.2, 0) is 11.3 Å². The number of carbonyl (C=O) groups excluding carboxylic acids is 1. The molecule has 0 spiro atoms. The third kappa shape index (κ3) is 3.62. The number of ether oxygens (including phenoxy) is 2. The van der Waals surface area contributed by atoms with Gasteiger partial charge >= 0.3 is 0 Å². The fourth-order valence-electron chi connectivity index (χ4n) is 2.50. The van der Waals surface area contributed by atoms with Crippen LogP contribution in [0.5, 0.6) is 11.5 Å². The largest absolute Gasteiger partial charge is 0.497 e. The van der Waals surface area contributed by atoms with E-state index in [1.165, 1.54) is 31.2 Å². The van der Waals surface area contributed by atoms with E-state index >= 15 is 0 Å². The van der Waals surface area contributed by atoms with E-state index in [0.717, 1.165) is 0 Å². The van der Waals surface area contributed by atoms with E-state index < -0.39 is 5.91 Å². The van der Waals surface area contributed by atoms with E-state index in [1.807, 2.05) is 0 Å². The topological polar surface area (TPSA) is 82.4 Å². The molecule has 0 aliphatic carbocycles. The summed E-state index contributed by atoms with van der Waals surface area (Å²) in [5.41, 5.74) is 0.623. The van der Waals surface area contributed by atoms with Gasteiger partial charge < -0.3 is 14.8 Å². The van der Waals surface area contributed by atoms with Crippen LogP contribution in [0, 0.1) is 0 Å². The Kier molecular flexibility index (Phi) is 5.09. The molecule has 0 aliphatic rings.